The fraction of sp³-hybridized carbons (Fsp3) is 0.300. The molecule has 0 radical (unpaired) electrons. The number of benzene rings is 1. The van der Waals surface area contributed by atoms with Crippen LogP contribution >= 0.6 is 11.6 Å². The Morgan fingerprint density at radius 1 is 1.29 bits per heavy atom. The van der Waals surface area contributed by atoms with E-state index >= 15 is 8.78 Å². The van der Waals surface area contributed by atoms with Crippen LogP contribution in [0.1, 0.15) is 26.3 Å². The maximum atomic E-state index is 16.0. The first-order chi connectivity index (χ1) is 16.1. The molecule has 0 saturated carbocycles. The predicted molar refractivity (Wildman–Crippen MR) is 112 cm³/mol. The summed E-state index contributed by atoms with van der Waals surface area (Å²) in [4.78, 5) is 30.1. The van der Waals surface area contributed by atoms with Gasteiger partial charge in [0.05, 0.1) is 11.2 Å². The molecular formula is C20H19ClF2N6O2. The van der Waals surface area contributed by atoms with Crippen molar-refractivity contribution in [2.75, 3.05) is 23.6 Å². The summed E-state index contributed by atoms with van der Waals surface area (Å²) in [5, 5.41) is 3.41. The Bertz CT molecular complexity index is 1410. The smallest absolute Gasteiger partial charge is 0.252 e. The zero-order valence-corrected chi connectivity index (χ0v) is 17.3. The van der Waals surface area contributed by atoms with Crippen molar-refractivity contribution in [3.63, 3.8) is 0 Å². The largest absolute Gasteiger partial charge is 0.382 e. The van der Waals surface area contributed by atoms with Crippen LogP contribution < -0.4 is 10.6 Å². The van der Waals surface area contributed by atoms with Crippen LogP contribution in [0.5, 0.6) is 0 Å². The molecule has 3 heterocycles. The Balaban J connectivity index is 1.99. The molecule has 4 rings (SSSR count). The average Bonchev–Trinajstić information content (AvgIpc) is 2.99. The fourth-order valence-corrected chi connectivity index (χ4v) is 3.72. The number of hydrogen-bond acceptors (Lipinski definition) is 5. The van der Waals surface area contributed by atoms with Crippen LogP contribution in [0.15, 0.2) is 24.5 Å². The SMILES string of the molecule is [2H]C1([2H])N(c2cccc(-c3c(F)c(Cl)c4c(N)ncnn34)c2F)C(=O)C(C)(C)N(C(C)=O)C1([2H])[2H]. The summed E-state index contributed by atoms with van der Waals surface area (Å²) < 4.78 is 65.6. The number of nitrogen functional groups attached to an aromatic ring is 1. The van der Waals surface area contributed by atoms with Crippen molar-refractivity contribution in [2.24, 2.45) is 0 Å². The van der Waals surface area contributed by atoms with Crippen molar-refractivity contribution >= 4 is 40.4 Å². The van der Waals surface area contributed by atoms with Crippen LogP contribution in [0.4, 0.5) is 20.3 Å². The molecule has 1 aliphatic heterocycles. The number of carbonyl (C=O) groups excluding carboxylic acids is 2. The molecule has 8 nitrogen and oxygen atoms in total. The molecule has 1 fully saturated rings. The molecule has 162 valence electrons. The summed E-state index contributed by atoms with van der Waals surface area (Å²) >= 11 is 6.04. The summed E-state index contributed by atoms with van der Waals surface area (Å²) in [6, 6.07) is 3.43. The second kappa shape index (κ2) is 7.16. The molecule has 31 heavy (non-hydrogen) atoms. The number of hydrogen-bond donors (Lipinski definition) is 1. The predicted octanol–water partition coefficient (Wildman–Crippen LogP) is 2.88. The van der Waals surface area contributed by atoms with E-state index < -0.39 is 63.9 Å². The van der Waals surface area contributed by atoms with Gasteiger partial charge < -0.3 is 15.5 Å². The van der Waals surface area contributed by atoms with Gasteiger partial charge in [0.15, 0.2) is 17.5 Å². The summed E-state index contributed by atoms with van der Waals surface area (Å²) in [6.07, 6.45) is 1.00. The molecule has 3 aromatic rings. The summed E-state index contributed by atoms with van der Waals surface area (Å²) in [7, 11) is 0. The van der Waals surface area contributed by atoms with E-state index in [1.165, 1.54) is 19.9 Å². The molecule has 2 aromatic heterocycles. The Morgan fingerprint density at radius 3 is 2.68 bits per heavy atom. The van der Waals surface area contributed by atoms with Crippen LogP contribution in [-0.2, 0) is 9.59 Å². The highest BCUT2D eigenvalue weighted by Gasteiger charge is 2.44. The van der Waals surface area contributed by atoms with Crippen LogP contribution in [0.3, 0.4) is 0 Å². The first kappa shape index (κ1) is 16.4. The van der Waals surface area contributed by atoms with E-state index in [0.717, 1.165) is 29.9 Å². The van der Waals surface area contributed by atoms with Crippen molar-refractivity contribution in [1.82, 2.24) is 19.5 Å². The van der Waals surface area contributed by atoms with Crippen LogP contribution in [0.25, 0.3) is 16.8 Å². The Hall–Kier alpha value is -3.27. The van der Waals surface area contributed by atoms with Gasteiger partial charge in [-0.1, -0.05) is 17.7 Å². The maximum absolute atomic E-state index is 16.0. The Morgan fingerprint density at radius 2 is 2.00 bits per heavy atom. The molecule has 0 unspecified atom stereocenters. The van der Waals surface area contributed by atoms with Gasteiger partial charge >= 0.3 is 0 Å². The monoisotopic (exact) mass is 452 g/mol. The van der Waals surface area contributed by atoms with E-state index in [1.807, 2.05) is 0 Å². The molecule has 0 spiro atoms. The summed E-state index contributed by atoms with van der Waals surface area (Å²) in [5.41, 5.74) is 2.17. The third-order valence-electron chi connectivity index (χ3n) is 4.99. The summed E-state index contributed by atoms with van der Waals surface area (Å²) in [5.74, 6) is -4.48. The lowest BCUT2D eigenvalue weighted by Gasteiger charge is -2.45. The van der Waals surface area contributed by atoms with Crippen molar-refractivity contribution < 1.29 is 23.9 Å². The Labute approximate surface area is 186 Å². The van der Waals surface area contributed by atoms with Gasteiger partial charge in [0.1, 0.15) is 28.1 Å². The molecule has 2 N–H and O–H groups in total. The first-order valence-electron chi connectivity index (χ1n) is 11.0. The minimum atomic E-state index is -3.21. The minimum absolute atomic E-state index is 0.120. The molecular weight excluding hydrogens is 430 g/mol. The zero-order valence-electron chi connectivity index (χ0n) is 20.6. The van der Waals surface area contributed by atoms with Crippen molar-refractivity contribution in [2.45, 2.75) is 26.3 Å². The van der Waals surface area contributed by atoms with E-state index in [1.54, 1.807) is 0 Å². The molecule has 1 saturated heterocycles. The van der Waals surface area contributed by atoms with Crippen molar-refractivity contribution in [1.29, 1.82) is 0 Å². The van der Waals surface area contributed by atoms with Crippen LogP contribution in [0, 0.1) is 11.6 Å². The minimum Gasteiger partial charge on any atom is -0.382 e. The molecule has 11 heteroatoms. The number of amides is 2. The van der Waals surface area contributed by atoms with Gasteiger partial charge in [-0.2, -0.15) is 5.10 Å². The first-order valence-corrected chi connectivity index (χ1v) is 9.36. The highest BCUT2D eigenvalue weighted by Crippen LogP contribution is 2.39. The van der Waals surface area contributed by atoms with E-state index in [4.69, 9.17) is 22.8 Å². The van der Waals surface area contributed by atoms with Gasteiger partial charge in [-0.25, -0.2) is 18.3 Å². The molecule has 0 atom stereocenters. The van der Waals surface area contributed by atoms with Gasteiger partial charge in [-0.3, -0.25) is 9.59 Å². The number of nitrogens with two attached hydrogens (primary N) is 1. The molecule has 0 bridgehead atoms. The normalized spacial score (nSPS) is 21.4. The number of carbonyl (C=O) groups is 2. The molecule has 1 aromatic carbocycles. The lowest BCUT2D eigenvalue weighted by molar-refractivity contribution is -0.145. The van der Waals surface area contributed by atoms with E-state index in [9.17, 15) is 9.59 Å². The van der Waals surface area contributed by atoms with Crippen molar-refractivity contribution in [3.05, 3.63) is 41.2 Å². The number of aromatic nitrogens is 3. The maximum Gasteiger partial charge on any atom is 0.252 e. The van der Waals surface area contributed by atoms with Gasteiger partial charge in [0.2, 0.25) is 5.91 Å². The second-order valence-corrected chi connectivity index (χ2v) is 7.68. The number of piperazine rings is 1. The second-order valence-electron chi connectivity index (χ2n) is 7.30. The van der Waals surface area contributed by atoms with Gasteiger partial charge in [0, 0.05) is 25.5 Å². The number of halogens is 3. The zero-order chi connectivity index (χ0) is 26.2. The third kappa shape index (κ3) is 3.01. The van der Waals surface area contributed by atoms with E-state index in [0.29, 0.717) is 9.80 Å². The number of fused-ring (bicyclic) bond motifs is 1. The molecule has 2 amide bonds. The van der Waals surface area contributed by atoms with Gasteiger partial charge in [-0.15, -0.1) is 0 Å². The van der Waals surface area contributed by atoms with Crippen LogP contribution in [-0.4, -0.2) is 49.8 Å². The fourth-order valence-electron chi connectivity index (χ4n) is 3.45. The number of rotatable bonds is 2. The van der Waals surface area contributed by atoms with Crippen molar-refractivity contribution in [3.8, 4) is 11.3 Å². The van der Waals surface area contributed by atoms with E-state index in [-0.39, 0.29) is 11.3 Å². The number of nitrogens with zero attached hydrogens (tertiary/aromatic N) is 5. The molecule has 0 aliphatic carbocycles. The highest BCUT2D eigenvalue weighted by molar-refractivity contribution is 6.35. The molecule has 1 aliphatic rings. The third-order valence-corrected chi connectivity index (χ3v) is 5.33. The summed E-state index contributed by atoms with van der Waals surface area (Å²) in [6.45, 7) is -2.83. The van der Waals surface area contributed by atoms with Gasteiger partial charge in [-0.05, 0) is 26.0 Å². The standard InChI is InChI=1S/C20H19ClF2N6O2/c1-10(30)28-8-7-27(19(31)20(28,2)3)12-6-4-5-11(14(12)22)16-15(23)13(21)17-18(24)25-9-26-29(16)17/h4-6,9H,7-8H2,1-3H3,(H2,24,25,26)/i7D2,8D2. The van der Waals surface area contributed by atoms with E-state index in [2.05, 4.69) is 10.1 Å². The van der Waals surface area contributed by atoms with Crippen LogP contribution in [0.2, 0.25) is 5.02 Å². The highest BCUT2D eigenvalue weighted by atomic mass is 35.5. The lowest BCUT2D eigenvalue weighted by Crippen LogP contribution is -2.64. The lowest BCUT2D eigenvalue weighted by atomic mass is 9.96. The Kier molecular flexibility index (Phi) is 3.79. The number of anilines is 2. The quantitative estimate of drug-likeness (QED) is 0.644. The van der Waals surface area contributed by atoms with Gasteiger partial charge in [0.25, 0.3) is 5.91 Å². The topological polar surface area (TPSA) is 96.8 Å². The average molecular weight is 453 g/mol.